The molecule has 0 saturated carbocycles. The Morgan fingerprint density at radius 2 is 2.00 bits per heavy atom. The lowest BCUT2D eigenvalue weighted by Gasteiger charge is -2.20. The third kappa shape index (κ3) is 5.12. The van der Waals surface area contributed by atoms with Crippen LogP contribution >= 0.6 is 0 Å². The highest BCUT2D eigenvalue weighted by Crippen LogP contribution is 2.26. The van der Waals surface area contributed by atoms with Crippen LogP contribution in [0.3, 0.4) is 0 Å². The van der Waals surface area contributed by atoms with Gasteiger partial charge in [0.25, 0.3) is 5.56 Å². The van der Waals surface area contributed by atoms with E-state index in [2.05, 4.69) is 15.6 Å². The van der Waals surface area contributed by atoms with E-state index in [1.54, 1.807) is 37.6 Å². The summed E-state index contributed by atoms with van der Waals surface area (Å²) < 4.78 is 1.41. The summed E-state index contributed by atoms with van der Waals surface area (Å²) in [5, 5.41) is 17.0. The van der Waals surface area contributed by atoms with Gasteiger partial charge in [0.2, 0.25) is 5.91 Å². The topological polar surface area (TPSA) is 96.2 Å². The van der Waals surface area contributed by atoms with Crippen molar-refractivity contribution in [1.82, 2.24) is 14.9 Å². The first-order valence-corrected chi connectivity index (χ1v) is 10.9. The van der Waals surface area contributed by atoms with Crippen molar-refractivity contribution >= 4 is 11.6 Å². The van der Waals surface area contributed by atoms with Crippen molar-refractivity contribution in [3.05, 3.63) is 94.7 Å². The van der Waals surface area contributed by atoms with Crippen LogP contribution in [0.5, 0.6) is 0 Å². The standard InChI is InChI=1S/C25H28N4O3/c1-17(29-14-3-2-6-23(29)30)25(32)28-20-9-7-18(8-10-20)15-21-11-12-22(27-21)24(31)19-5-4-13-26-16-19/h2-10,13-14,16-17,21-22,24,27,31H,11-12,15H2,1H3,(H,28,32)/t17-,21+,22-,24-/m1/s1. The number of amides is 1. The molecule has 1 saturated heterocycles. The quantitative estimate of drug-likeness (QED) is 0.534. The maximum atomic E-state index is 12.5. The lowest BCUT2D eigenvalue weighted by Crippen LogP contribution is -2.35. The normalized spacial score (nSPS) is 19.9. The van der Waals surface area contributed by atoms with Crippen molar-refractivity contribution < 1.29 is 9.90 Å². The van der Waals surface area contributed by atoms with Gasteiger partial charge in [-0.15, -0.1) is 0 Å². The summed E-state index contributed by atoms with van der Waals surface area (Å²) in [7, 11) is 0. The highest BCUT2D eigenvalue weighted by molar-refractivity contribution is 5.93. The number of hydrogen-bond donors (Lipinski definition) is 3. The molecule has 166 valence electrons. The van der Waals surface area contributed by atoms with Crippen LogP contribution in [0.1, 0.15) is 43.0 Å². The van der Waals surface area contributed by atoms with Gasteiger partial charge >= 0.3 is 0 Å². The Labute approximate surface area is 187 Å². The van der Waals surface area contributed by atoms with E-state index >= 15 is 0 Å². The molecule has 32 heavy (non-hydrogen) atoms. The molecule has 1 amide bonds. The predicted molar refractivity (Wildman–Crippen MR) is 123 cm³/mol. The van der Waals surface area contributed by atoms with Crippen molar-refractivity contribution in [2.45, 2.75) is 50.4 Å². The van der Waals surface area contributed by atoms with Gasteiger partial charge in [-0.25, -0.2) is 0 Å². The molecule has 4 rings (SSSR count). The average Bonchev–Trinajstić information content (AvgIpc) is 3.28. The fourth-order valence-corrected chi connectivity index (χ4v) is 4.18. The molecular weight excluding hydrogens is 404 g/mol. The van der Waals surface area contributed by atoms with Crippen molar-refractivity contribution in [1.29, 1.82) is 0 Å². The van der Waals surface area contributed by atoms with Crippen LogP contribution in [-0.2, 0) is 11.2 Å². The summed E-state index contributed by atoms with van der Waals surface area (Å²) >= 11 is 0. The number of aromatic nitrogens is 2. The van der Waals surface area contributed by atoms with Crippen LogP contribution in [0, 0.1) is 0 Å². The van der Waals surface area contributed by atoms with Gasteiger partial charge in [-0.2, -0.15) is 0 Å². The van der Waals surface area contributed by atoms with Gasteiger partial charge in [-0.05, 0) is 56.0 Å². The Bertz CT molecular complexity index is 1100. The molecule has 3 heterocycles. The zero-order chi connectivity index (χ0) is 22.5. The highest BCUT2D eigenvalue weighted by atomic mass is 16.3. The predicted octanol–water partition coefficient (Wildman–Crippen LogP) is 2.84. The molecule has 0 bridgehead atoms. The van der Waals surface area contributed by atoms with Crippen LogP contribution in [0.2, 0.25) is 0 Å². The summed E-state index contributed by atoms with van der Waals surface area (Å²) in [5.74, 6) is -0.240. The Morgan fingerprint density at radius 1 is 1.19 bits per heavy atom. The van der Waals surface area contributed by atoms with Crippen molar-refractivity contribution in [3.63, 3.8) is 0 Å². The van der Waals surface area contributed by atoms with E-state index in [1.807, 2.05) is 36.4 Å². The van der Waals surface area contributed by atoms with Gasteiger partial charge in [-0.3, -0.25) is 14.6 Å². The molecule has 1 aliphatic rings. The van der Waals surface area contributed by atoms with E-state index in [0.29, 0.717) is 5.69 Å². The second-order valence-electron chi connectivity index (χ2n) is 8.29. The Morgan fingerprint density at radius 3 is 2.72 bits per heavy atom. The first-order chi connectivity index (χ1) is 15.5. The molecule has 0 aliphatic carbocycles. The number of anilines is 1. The average molecular weight is 433 g/mol. The third-order valence-corrected chi connectivity index (χ3v) is 6.03. The number of benzene rings is 1. The molecule has 1 aromatic carbocycles. The zero-order valence-electron chi connectivity index (χ0n) is 18.0. The van der Waals surface area contributed by atoms with Crippen molar-refractivity contribution in [2.75, 3.05) is 5.32 Å². The lowest BCUT2D eigenvalue weighted by atomic mass is 10.0. The molecule has 3 aromatic rings. The number of aliphatic hydroxyl groups excluding tert-OH is 1. The van der Waals surface area contributed by atoms with E-state index in [0.717, 1.165) is 30.4 Å². The Balaban J connectivity index is 1.31. The van der Waals surface area contributed by atoms with Crippen LogP contribution < -0.4 is 16.2 Å². The van der Waals surface area contributed by atoms with Crippen LogP contribution in [-0.4, -0.2) is 32.6 Å². The molecule has 7 nitrogen and oxygen atoms in total. The number of carbonyl (C=O) groups is 1. The fourth-order valence-electron chi connectivity index (χ4n) is 4.18. The maximum absolute atomic E-state index is 12.5. The van der Waals surface area contributed by atoms with E-state index in [1.165, 1.54) is 10.6 Å². The zero-order valence-corrected chi connectivity index (χ0v) is 18.0. The maximum Gasteiger partial charge on any atom is 0.251 e. The lowest BCUT2D eigenvalue weighted by molar-refractivity contribution is -0.118. The number of carbonyl (C=O) groups excluding carboxylic acids is 1. The Kier molecular flexibility index (Phi) is 6.78. The molecule has 3 N–H and O–H groups in total. The molecule has 0 spiro atoms. The summed E-state index contributed by atoms with van der Waals surface area (Å²) in [6.45, 7) is 1.70. The van der Waals surface area contributed by atoms with Crippen molar-refractivity contribution in [3.8, 4) is 0 Å². The number of rotatable bonds is 7. The molecule has 0 unspecified atom stereocenters. The van der Waals surface area contributed by atoms with E-state index in [9.17, 15) is 14.7 Å². The fraction of sp³-hybridized carbons (Fsp3) is 0.320. The van der Waals surface area contributed by atoms with E-state index < -0.39 is 12.1 Å². The largest absolute Gasteiger partial charge is 0.387 e. The summed E-state index contributed by atoms with van der Waals surface area (Å²) in [4.78, 5) is 28.6. The van der Waals surface area contributed by atoms with Crippen molar-refractivity contribution in [2.24, 2.45) is 0 Å². The number of hydrogen-bond acceptors (Lipinski definition) is 5. The van der Waals surface area contributed by atoms with Gasteiger partial charge in [-0.1, -0.05) is 24.3 Å². The van der Waals surface area contributed by atoms with Gasteiger partial charge in [0, 0.05) is 48.0 Å². The minimum absolute atomic E-state index is 0.0191. The highest BCUT2D eigenvalue weighted by Gasteiger charge is 2.30. The van der Waals surface area contributed by atoms with E-state index in [-0.39, 0.29) is 23.6 Å². The van der Waals surface area contributed by atoms with Crippen LogP contribution in [0.4, 0.5) is 5.69 Å². The van der Waals surface area contributed by atoms with E-state index in [4.69, 9.17) is 0 Å². The molecular formula is C25H28N4O3. The summed E-state index contributed by atoms with van der Waals surface area (Å²) in [6.07, 6.45) is 7.21. The number of nitrogens with zero attached hydrogens (tertiary/aromatic N) is 2. The molecule has 1 aliphatic heterocycles. The number of aliphatic hydroxyl groups is 1. The van der Waals surface area contributed by atoms with Crippen LogP contribution in [0.15, 0.2) is 78.0 Å². The smallest absolute Gasteiger partial charge is 0.251 e. The molecule has 4 atom stereocenters. The number of pyridine rings is 2. The number of nitrogens with one attached hydrogen (secondary N) is 2. The summed E-state index contributed by atoms with van der Waals surface area (Å²) in [6, 6.07) is 16.0. The van der Waals surface area contributed by atoms with Gasteiger partial charge in [0.05, 0.1) is 6.10 Å². The molecule has 1 fully saturated rings. The monoisotopic (exact) mass is 432 g/mol. The first kappa shape index (κ1) is 21.9. The van der Waals surface area contributed by atoms with Gasteiger partial charge in [0.15, 0.2) is 0 Å². The molecule has 0 radical (unpaired) electrons. The minimum Gasteiger partial charge on any atom is -0.387 e. The first-order valence-electron chi connectivity index (χ1n) is 10.9. The SMILES string of the molecule is C[C@H](C(=O)Nc1ccc(C[C@@H]2CC[C@H]([C@H](O)c3cccnc3)N2)cc1)n1ccccc1=O. The Hall–Kier alpha value is -3.29. The minimum atomic E-state index is -0.603. The second kappa shape index (κ2) is 9.89. The summed E-state index contributed by atoms with van der Waals surface area (Å²) in [5.41, 5.74) is 2.47. The van der Waals surface area contributed by atoms with Gasteiger partial charge in [0.1, 0.15) is 6.04 Å². The third-order valence-electron chi connectivity index (χ3n) is 6.03. The van der Waals surface area contributed by atoms with Gasteiger partial charge < -0.3 is 20.3 Å². The molecule has 2 aromatic heterocycles. The second-order valence-corrected chi connectivity index (χ2v) is 8.29. The molecule has 7 heteroatoms. The van der Waals surface area contributed by atoms with Crippen LogP contribution in [0.25, 0.3) is 0 Å².